The summed E-state index contributed by atoms with van der Waals surface area (Å²) in [6.07, 6.45) is 1.48. The summed E-state index contributed by atoms with van der Waals surface area (Å²) in [5.41, 5.74) is 0. The molecular formula is C18H34N6O6S2. The molecule has 0 saturated carbocycles. The number of amides is 7. The summed E-state index contributed by atoms with van der Waals surface area (Å²) in [4.78, 5) is 57.3. The van der Waals surface area contributed by atoms with E-state index in [-0.39, 0.29) is 30.9 Å². The first-order valence-corrected chi connectivity index (χ1v) is 12.7. The van der Waals surface area contributed by atoms with Gasteiger partial charge in [0.2, 0.25) is 17.7 Å². The predicted molar refractivity (Wildman–Crippen MR) is 125 cm³/mol. The third kappa shape index (κ3) is 18.6. The molecule has 0 aromatic rings. The number of carbonyl (C=O) groups is 5. The highest BCUT2D eigenvalue weighted by atomic mass is 33.1. The van der Waals surface area contributed by atoms with Gasteiger partial charge in [-0.05, 0) is 19.3 Å². The SMILES string of the molecule is CC(=O)NCCSSCCNC(=O)NC(=O)NCCCCC(NC(C)=O)C(=O)NCCO. The number of imide groups is 1. The zero-order chi connectivity index (χ0) is 24.2. The van der Waals surface area contributed by atoms with Crippen molar-refractivity contribution in [3.8, 4) is 0 Å². The van der Waals surface area contributed by atoms with Crippen LogP contribution in [-0.2, 0) is 14.4 Å². The van der Waals surface area contributed by atoms with Crippen molar-refractivity contribution in [2.24, 2.45) is 0 Å². The lowest BCUT2D eigenvalue weighted by molar-refractivity contribution is -0.128. The van der Waals surface area contributed by atoms with Crippen LogP contribution in [0.3, 0.4) is 0 Å². The van der Waals surface area contributed by atoms with E-state index in [0.717, 1.165) is 5.75 Å². The molecule has 14 heteroatoms. The van der Waals surface area contributed by atoms with Gasteiger partial charge in [0.15, 0.2) is 0 Å². The topological polar surface area (TPSA) is 178 Å². The third-order valence-electron chi connectivity index (χ3n) is 3.65. The molecule has 0 heterocycles. The molecule has 0 spiro atoms. The van der Waals surface area contributed by atoms with Crippen molar-refractivity contribution < 1.29 is 29.1 Å². The van der Waals surface area contributed by atoms with Crippen LogP contribution in [0.4, 0.5) is 9.59 Å². The first-order valence-electron chi connectivity index (χ1n) is 10.2. The van der Waals surface area contributed by atoms with Gasteiger partial charge in [-0.2, -0.15) is 0 Å². The van der Waals surface area contributed by atoms with Crippen LogP contribution >= 0.6 is 21.6 Å². The fourth-order valence-electron chi connectivity index (χ4n) is 2.28. The summed E-state index contributed by atoms with van der Waals surface area (Å²) in [5.74, 6) is 0.641. The van der Waals surface area contributed by atoms with E-state index >= 15 is 0 Å². The van der Waals surface area contributed by atoms with Crippen LogP contribution < -0.4 is 31.9 Å². The molecule has 0 aromatic carbocycles. The lowest BCUT2D eigenvalue weighted by Gasteiger charge is -2.17. The molecule has 0 aliphatic carbocycles. The largest absolute Gasteiger partial charge is 0.395 e. The normalized spacial score (nSPS) is 11.1. The molecule has 0 fully saturated rings. The van der Waals surface area contributed by atoms with Gasteiger partial charge in [0.05, 0.1) is 6.61 Å². The second kappa shape index (κ2) is 19.5. The number of carbonyl (C=O) groups excluding carboxylic acids is 5. The average Bonchev–Trinajstić information content (AvgIpc) is 2.72. The van der Waals surface area contributed by atoms with Gasteiger partial charge in [0.1, 0.15) is 6.04 Å². The van der Waals surface area contributed by atoms with E-state index < -0.39 is 18.1 Å². The zero-order valence-electron chi connectivity index (χ0n) is 18.5. The third-order valence-corrected chi connectivity index (χ3v) is 6.06. The quantitative estimate of drug-likeness (QED) is 0.109. The predicted octanol–water partition coefficient (Wildman–Crippen LogP) is -0.704. The summed E-state index contributed by atoms with van der Waals surface area (Å²) in [7, 11) is 3.13. The fourth-order valence-corrected chi connectivity index (χ4v) is 4.09. The molecule has 32 heavy (non-hydrogen) atoms. The Hall–Kier alpha value is -2.19. The van der Waals surface area contributed by atoms with Gasteiger partial charge in [-0.15, -0.1) is 0 Å². The van der Waals surface area contributed by atoms with Gasteiger partial charge in [-0.25, -0.2) is 9.59 Å². The number of hydrogen-bond acceptors (Lipinski definition) is 8. The van der Waals surface area contributed by atoms with Gasteiger partial charge in [0, 0.05) is 51.5 Å². The molecule has 0 radical (unpaired) electrons. The summed E-state index contributed by atoms with van der Waals surface area (Å²) in [6, 6.07) is -1.93. The van der Waals surface area contributed by atoms with Crippen LogP contribution in [-0.4, -0.2) is 85.2 Å². The van der Waals surface area contributed by atoms with E-state index in [4.69, 9.17) is 5.11 Å². The minimum absolute atomic E-state index is 0.0666. The summed E-state index contributed by atoms with van der Waals surface area (Å²) in [6.45, 7) is 3.96. The van der Waals surface area contributed by atoms with Crippen molar-refractivity contribution in [1.82, 2.24) is 31.9 Å². The van der Waals surface area contributed by atoms with Crippen LogP contribution in [0, 0.1) is 0 Å². The van der Waals surface area contributed by atoms with Gasteiger partial charge in [-0.3, -0.25) is 19.7 Å². The molecule has 1 atom stereocenters. The van der Waals surface area contributed by atoms with Crippen molar-refractivity contribution in [2.45, 2.75) is 39.2 Å². The number of nitrogens with one attached hydrogen (secondary N) is 6. The van der Waals surface area contributed by atoms with E-state index in [1.165, 1.54) is 13.8 Å². The molecule has 184 valence electrons. The van der Waals surface area contributed by atoms with Gasteiger partial charge < -0.3 is 31.7 Å². The minimum atomic E-state index is -0.708. The molecule has 0 bridgehead atoms. The molecule has 0 aliphatic heterocycles. The Balaban J connectivity index is 3.83. The van der Waals surface area contributed by atoms with E-state index in [9.17, 15) is 24.0 Å². The van der Waals surface area contributed by atoms with Crippen molar-refractivity contribution in [1.29, 1.82) is 0 Å². The van der Waals surface area contributed by atoms with Crippen molar-refractivity contribution in [3.05, 3.63) is 0 Å². The summed E-state index contributed by atoms with van der Waals surface area (Å²) in [5, 5.41) is 23.8. The summed E-state index contributed by atoms with van der Waals surface area (Å²) < 4.78 is 0. The van der Waals surface area contributed by atoms with Crippen molar-refractivity contribution >= 4 is 51.4 Å². The van der Waals surface area contributed by atoms with Crippen LogP contribution in [0.2, 0.25) is 0 Å². The number of aliphatic hydroxyl groups excluding tert-OH is 1. The molecule has 0 aromatic heterocycles. The maximum absolute atomic E-state index is 12.0. The highest BCUT2D eigenvalue weighted by Gasteiger charge is 2.18. The van der Waals surface area contributed by atoms with Crippen LogP contribution in [0.25, 0.3) is 0 Å². The lowest BCUT2D eigenvalue weighted by atomic mass is 10.1. The van der Waals surface area contributed by atoms with Gasteiger partial charge >= 0.3 is 12.1 Å². The Morgan fingerprint density at radius 2 is 1.34 bits per heavy atom. The molecule has 0 saturated heterocycles. The Morgan fingerprint density at radius 3 is 1.91 bits per heavy atom. The zero-order valence-corrected chi connectivity index (χ0v) is 20.1. The maximum Gasteiger partial charge on any atom is 0.322 e. The molecule has 1 unspecified atom stereocenters. The molecule has 0 aliphatic rings. The van der Waals surface area contributed by atoms with Gasteiger partial charge in [-0.1, -0.05) is 21.6 Å². The summed E-state index contributed by atoms with van der Waals surface area (Å²) >= 11 is 0. The number of rotatable bonds is 16. The molecule has 0 rings (SSSR count). The van der Waals surface area contributed by atoms with Crippen LogP contribution in [0.5, 0.6) is 0 Å². The second-order valence-electron chi connectivity index (χ2n) is 6.53. The smallest absolute Gasteiger partial charge is 0.322 e. The van der Waals surface area contributed by atoms with Crippen molar-refractivity contribution in [2.75, 3.05) is 44.3 Å². The molecule has 7 N–H and O–H groups in total. The van der Waals surface area contributed by atoms with Crippen LogP contribution in [0.15, 0.2) is 0 Å². The first kappa shape index (κ1) is 29.8. The highest BCUT2D eigenvalue weighted by molar-refractivity contribution is 8.76. The number of unbranched alkanes of at least 4 members (excludes halogenated alkanes) is 1. The standard InChI is InChI=1S/C18H34N6O6S2/c1-13(26)19-8-11-31-32-12-9-22-18(30)24-17(29)21-6-4-3-5-15(23-14(2)27)16(28)20-7-10-25/h15,25H,3-12H2,1-2H3,(H,19,26)(H,20,28)(H,23,27)(H3,21,22,24,29,30). The van der Waals surface area contributed by atoms with E-state index in [2.05, 4.69) is 31.9 Å². The van der Waals surface area contributed by atoms with Crippen molar-refractivity contribution in [3.63, 3.8) is 0 Å². The first-order chi connectivity index (χ1) is 15.3. The number of aliphatic hydroxyl groups is 1. The van der Waals surface area contributed by atoms with E-state index in [1.54, 1.807) is 21.6 Å². The Labute approximate surface area is 195 Å². The van der Waals surface area contributed by atoms with Gasteiger partial charge in [0.25, 0.3) is 0 Å². The number of hydrogen-bond donors (Lipinski definition) is 7. The Bertz CT molecular complexity index is 611. The molecule has 7 amide bonds. The second-order valence-corrected chi connectivity index (χ2v) is 9.23. The molecular weight excluding hydrogens is 460 g/mol. The highest BCUT2D eigenvalue weighted by Crippen LogP contribution is 2.19. The average molecular weight is 495 g/mol. The van der Waals surface area contributed by atoms with E-state index in [1.807, 2.05) is 0 Å². The van der Waals surface area contributed by atoms with Crippen LogP contribution in [0.1, 0.15) is 33.1 Å². The Morgan fingerprint density at radius 1 is 0.750 bits per heavy atom. The molecule has 12 nitrogen and oxygen atoms in total. The lowest BCUT2D eigenvalue weighted by Crippen LogP contribution is -2.47. The maximum atomic E-state index is 12.0. The number of urea groups is 2. The fraction of sp³-hybridized carbons (Fsp3) is 0.722. The Kier molecular flexibility index (Phi) is 18.2. The van der Waals surface area contributed by atoms with E-state index in [0.29, 0.717) is 44.6 Å². The monoisotopic (exact) mass is 494 g/mol. The minimum Gasteiger partial charge on any atom is -0.395 e.